The molecule has 0 aromatic carbocycles. The summed E-state index contributed by atoms with van der Waals surface area (Å²) in [6.07, 6.45) is 5.35. The summed E-state index contributed by atoms with van der Waals surface area (Å²) in [6, 6.07) is 0. The molecule has 0 spiro atoms. The van der Waals surface area contributed by atoms with Crippen LogP contribution in [0.5, 0.6) is 0 Å². The van der Waals surface area contributed by atoms with E-state index >= 15 is 0 Å². The Morgan fingerprint density at radius 3 is 2.92 bits per heavy atom. The molecule has 0 unspecified atom stereocenters. The summed E-state index contributed by atoms with van der Waals surface area (Å²) in [6.45, 7) is 3.14. The Bertz CT molecular complexity index is 291. The van der Waals surface area contributed by atoms with Gasteiger partial charge in [0, 0.05) is 6.54 Å². The third kappa shape index (κ3) is 1.58. The molecule has 1 aliphatic rings. The Hall–Kier alpha value is -0.900. The van der Waals surface area contributed by atoms with Crippen LogP contribution in [0.1, 0.15) is 32.0 Å². The van der Waals surface area contributed by atoms with Crippen LogP contribution in [0.15, 0.2) is 6.33 Å². The van der Waals surface area contributed by atoms with Gasteiger partial charge in [0.15, 0.2) is 5.82 Å². The maximum Gasteiger partial charge on any atom is 0.152 e. The van der Waals surface area contributed by atoms with Crippen LogP contribution in [-0.4, -0.2) is 19.9 Å². The van der Waals surface area contributed by atoms with Crippen molar-refractivity contribution < 1.29 is 5.11 Å². The van der Waals surface area contributed by atoms with Crippen LogP contribution in [0.3, 0.4) is 0 Å². The van der Waals surface area contributed by atoms with Crippen LogP contribution in [0, 0.1) is 5.41 Å². The van der Waals surface area contributed by atoms with Gasteiger partial charge >= 0.3 is 0 Å². The third-order valence-electron chi connectivity index (χ3n) is 2.93. The Morgan fingerprint density at radius 1 is 1.62 bits per heavy atom. The van der Waals surface area contributed by atoms with Gasteiger partial charge in [-0.2, -0.15) is 5.10 Å². The second kappa shape index (κ2) is 3.10. The molecule has 0 bridgehead atoms. The summed E-state index contributed by atoms with van der Waals surface area (Å²) in [7, 11) is 0. The van der Waals surface area contributed by atoms with Crippen LogP contribution in [-0.2, 0) is 13.2 Å². The number of nitrogens with zero attached hydrogens (tertiary/aromatic N) is 3. The topological polar surface area (TPSA) is 50.9 Å². The van der Waals surface area contributed by atoms with E-state index in [9.17, 15) is 0 Å². The van der Waals surface area contributed by atoms with Gasteiger partial charge in [-0.25, -0.2) is 9.67 Å². The van der Waals surface area contributed by atoms with E-state index in [2.05, 4.69) is 17.0 Å². The molecule has 1 aromatic rings. The fourth-order valence-corrected chi connectivity index (χ4v) is 1.84. The van der Waals surface area contributed by atoms with E-state index in [-0.39, 0.29) is 6.61 Å². The lowest BCUT2D eigenvalue weighted by Gasteiger charge is -2.38. The van der Waals surface area contributed by atoms with Gasteiger partial charge in [0.2, 0.25) is 0 Å². The molecular formula is C9H15N3O. The molecule has 1 saturated carbocycles. The highest BCUT2D eigenvalue weighted by molar-refractivity contribution is 4.88. The van der Waals surface area contributed by atoms with E-state index < -0.39 is 0 Å². The summed E-state index contributed by atoms with van der Waals surface area (Å²) >= 11 is 0. The van der Waals surface area contributed by atoms with Gasteiger partial charge in [0.1, 0.15) is 12.9 Å². The van der Waals surface area contributed by atoms with Gasteiger partial charge < -0.3 is 5.11 Å². The number of aliphatic hydroxyl groups excluding tert-OH is 1. The molecule has 0 amide bonds. The lowest BCUT2D eigenvalue weighted by Crippen LogP contribution is -2.31. The lowest BCUT2D eigenvalue weighted by atomic mass is 9.70. The van der Waals surface area contributed by atoms with E-state index in [1.165, 1.54) is 25.6 Å². The first-order chi connectivity index (χ1) is 6.23. The Labute approximate surface area is 77.6 Å². The maximum absolute atomic E-state index is 8.97. The molecule has 1 aromatic heterocycles. The van der Waals surface area contributed by atoms with E-state index in [4.69, 9.17) is 5.11 Å². The highest BCUT2D eigenvalue weighted by Crippen LogP contribution is 2.41. The average molecular weight is 181 g/mol. The zero-order chi connectivity index (χ0) is 9.31. The van der Waals surface area contributed by atoms with Gasteiger partial charge in [-0.1, -0.05) is 13.3 Å². The van der Waals surface area contributed by atoms with Crippen molar-refractivity contribution in [2.24, 2.45) is 5.41 Å². The average Bonchev–Trinajstić information content (AvgIpc) is 2.49. The van der Waals surface area contributed by atoms with Crippen molar-refractivity contribution >= 4 is 0 Å². The molecule has 13 heavy (non-hydrogen) atoms. The van der Waals surface area contributed by atoms with Crippen molar-refractivity contribution in [2.75, 3.05) is 0 Å². The second-order valence-corrected chi connectivity index (χ2v) is 4.16. The quantitative estimate of drug-likeness (QED) is 0.755. The minimum Gasteiger partial charge on any atom is -0.388 e. The summed E-state index contributed by atoms with van der Waals surface area (Å²) in [5.41, 5.74) is 0.387. The molecule has 0 aliphatic heterocycles. The highest BCUT2D eigenvalue weighted by atomic mass is 16.3. The first kappa shape index (κ1) is 8.69. The van der Waals surface area contributed by atoms with E-state index in [0.717, 1.165) is 6.54 Å². The Balaban J connectivity index is 2.08. The smallest absolute Gasteiger partial charge is 0.152 e. The second-order valence-electron chi connectivity index (χ2n) is 4.16. The minimum atomic E-state index is -0.0178. The summed E-state index contributed by atoms with van der Waals surface area (Å²) in [4.78, 5) is 3.98. The first-order valence-corrected chi connectivity index (χ1v) is 4.71. The van der Waals surface area contributed by atoms with Crippen molar-refractivity contribution in [1.29, 1.82) is 0 Å². The van der Waals surface area contributed by atoms with Crippen molar-refractivity contribution in [3.63, 3.8) is 0 Å². The molecule has 72 valence electrons. The SMILES string of the molecule is CC1(Cn2ncnc2CO)CCC1. The number of rotatable bonds is 3. The van der Waals surface area contributed by atoms with E-state index in [1.54, 1.807) is 0 Å². The number of hydrogen-bond donors (Lipinski definition) is 1. The molecule has 2 rings (SSSR count). The standard InChI is InChI=1S/C9H15N3O/c1-9(3-2-4-9)6-12-8(5-13)10-7-11-12/h7,13H,2-6H2,1H3. The Morgan fingerprint density at radius 2 is 2.38 bits per heavy atom. The molecular weight excluding hydrogens is 166 g/mol. The van der Waals surface area contributed by atoms with Crippen molar-refractivity contribution in [2.45, 2.75) is 39.3 Å². The summed E-state index contributed by atoms with van der Waals surface area (Å²) < 4.78 is 1.82. The summed E-state index contributed by atoms with van der Waals surface area (Å²) in [5, 5.41) is 13.1. The van der Waals surface area contributed by atoms with Crippen LogP contribution in [0.2, 0.25) is 0 Å². The zero-order valence-electron chi connectivity index (χ0n) is 7.90. The lowest BCUT2D eigenvalue weighted by molar-refractivity contribution is 0.120. The molecule has 4 heteroatoms. The van der Waals surface area contributed by atoms with Gasteiger partial charge in [-0.05, 0) is 18.3 Å². The molecule has 1 heterocycles. The molecule has 1 aliphatic carbocycles. The van der Waals surface area contributed by atoms with Crippen molar-refractivity contribution in [3.05, 3.63) is 12.2 Å². The van der Waals surface area contributed by atoms with Crippen molar-refractivity contribution in [3.8, 4) is 0 Å². The molecule has 1 fully saturated rings. The van der Waals surface area contributed by atoms with Crippen LogP contribution in [0.25, 0.3) is 0 Å². The predicted octanol–water partition coefficient (Wildman–Crippen LogP) is 0.961. The molecule has 1 N–H and O–H groups in total. The molecule has 0 radical (unpaired) electrons. The van der Waals surface area contributed by atoms with Gasteiger partial charge in [-0.3, -0.25) is 0 Å². The van der Waals surface area contributed by atoms with E-state index in [0.29, 0.717) is 11.2 Å². The summed E-state index contributed by atoms with van der Waals surface area (Å²) in [5.74, 6) is 0.674. The van der Waals surface area contributed by atoms with Crippen LogP contribution in [0.4, 0.5) is 0 Å². The van der Waals surface area contributed by atoms with E-state index in [1.807, 2.05) is 4.68 Å². The number of aliphatic hydroxyl groups is 1. The van der Waals surface area contributed by atoms with Gasteiger partial charge in [0.05, 0.1) is 0 Å². The monoisotopic (exact) mass is 181 g/mol. The fourth-order valence-electron chi connectivity index (χ4n) is 1.84. The normalized spacial score (nSPS) is 19.8. The maximum atomic E-state index is 8.97. The Kier molecular flexibility index (Phi) is 2.07. The zero-order valence-corrected chi connectivity index (χ0v) is 7.90. The third-order valence-corrected chi connectivity index (χ3v) is 2.93. The first-order valence-electron chi connectivity index (χ1n) is 4.71. The van der Waals surface area contributed by atoms with Crippen LogP contribution < -0.4 is 0 Å². The largest absolute Gasteiger partial charge is 0.388 e. The highest BCUT2D eigenvalue weighted by Gasteiger charge is 2.32. The minimum absolute atomic E-state index is 0.0178. The molecule has 0 saturated heterocycles. The molecule has 0 atom stereocenters. The van der Waals surface area contributed by atoms with Crippen molar-refractivity contribution in [1.82, 2.24) is 14.8 Å². The van der Waals surface area contributed by atoms with Gasteiger partial charge in [0.25, 0.3) is 0 Å². The van der Waals surface area contributed by atoms with Crippen LogP contribution >= 0.6 is 0 Å². The van der Waals surface area contributed by atoms with Gasteiger partial charge in [-0.15, -0.1) is 0 Å². The predicted molar refractivity (Wildman–Crippen MR) is 47.9 cm³/mol. The number of aromatic nitrogens is 3. The fraction of sp³-hybridized carbons (Fsp3) is 0.778. The number of hydrogen-bond acceptors (Lipinski definition) is 3. The molecule has 4 nitrogen and oxygen atoms in total.